The largest absolute Gasteiger partial charge is 0.465 e. The Labute approximate surface area is 201 Å². The molecule has 2 N–H and O–H groups in total. The summed E-state index contributed by atoms with van der Waals surface area (Å²) in [6.45, 7) is 1.62. The second kappa shape index (κ2) is 8.23. The van der Waals surface area contributed by atoms with E-state index in [2.05, 4.69) is 33.7 Å². The molecule has 0 bridgehead atoms. The molecule has 10 heteroatoms. The lowest BCUT2D eigenvalue weighted by Gasteiger charge is -2.30. The third-order valence-corrected chi connectivity index (χ3v) is 7.75. The summed E-state index contributed by atoms with van der Waals surface area (Å²) >= 11 is 0. The van der Waals surface area contributed by atoms with Gasteiger partial charge >= 0.3 is 11.8 Å². The number of hydrogen-bond donors (Lipinski definition) is 2. The van der Waals surface area contributed by atoms with Crippen LogP contribution in [-0.4, -0.2) is 59.6 Å². The number of imidazole rings is 1. The SMILES string of the molecule is Cn1cc(C2CCC(c3ccc4ncc5c(c4c3)n([C@H]3CCN(C(=O)O)C3)c(=O)n5C)CN2)cn1. The van der Waals surface area contributed by atoms with E-state index in [1.165, 1.54) is 16.0 Å². The second-order valence-electron chi connectivity index (χ2n) is 9.83. The van der Waals surface area contributed by atoms with Crippen LogP contribution in [0, 0.1) is 0 Å². The highest BCUT2D eigenvalue weighted by Crippen LogP contribution is 2.35. The predicted octanol–water partition coefficient (Wildman–Crippen LogP) is 2.75. The molecule has 4 aromatic rings. The summed E-state index contributed by atoms with van der Waals surface area (Å²) in [6.07, 6.45) is 7.51. The lowest BCUT2D eigenvalue weighted by molar-refractivity contribution is 0.154. The average molecular weight is 476 g/mol. The van der Waals surface area contributed by atoms with Crippen LogP contribution in [-0.2, 0) is 14.1 Å². The summed E-state index contributed by atoms with van der Waals surface area (Å²) in [5.41, 5.74) is 4.77. The molecule has 0 radical (unpaired) electrons. The van der Waals surface area contributed by atoms with E-state index in [4.69, 9.17) is 0 Å². The van der Waals surface area contributed by atoms with Gasteiger partial charge in [-0.3, -0.25) is 18.8 Å². The van der Waals surface area contributed by atoms with Gasteiger partial charge in [0, 0.05) is 56.9 Å². The molecule has 2 saturated heterocycles. The van der Waals surface area contributed by atoms with Crippen molar-refractivity contribution in [2.24, 2.45) is 14.1 Å². The molecule has 182 valence electrons. The molecule has 2 aliphatic rings. The zero-order valence-corrected chi connectivity index (χ0v) is 19.9. The number of pyridine rings is 1. The van der Waals surface area contributed by atoms with E-state index < -0.39 is 6.09 Å². The predicted molar refractivity (Wildman–Crippen MR) is 132 cm³/mol. The molecule has 1 amide bonds. The minimum atomic E-state index is -0.941. The van der Waals surface area contributed by atoms with Crippen LogP contribution in [0.25, 0.3) is 21.9 Å². The van der Waals surface area contributed by atoms with E-state index in [1.807, 2.05) is 24.0 Å². The third-order valence-electron chi connectivity index (χ3n) is 7.75. The third kappa shape index (κ3) is 3.59. The Morgan fingerprint density at radius 3 is 2.69 bits per heavy atom. The van der Waals surface area contributed by atoms with Gasteiger partial charge in [0.15, 0.2) is 0 Å². The van der Waals surface area contributed by atoms with Crippen molar-refractivity contribution in [3.63, 3.8) is 0 Å². The van der Waals surface area contributed by atoms with Crippen molar-refractivity contribution in [3.8, 4) is 0 Å². The molecule has 35 heavy (non-hydrogen) atoms. The summed E-state index contributed by atoms with van der Waals surface area (Å²) in [5, 5.41) is 18.3. The van der Waals surface area contributed by atoms with E-state index in [0.717, 1.165) is 41.3 Å². The van der Waals surface area contributed by atoms with Crippen molar-refractivity contribution in [1.82, 2.24) is 34.1 Å². The van der Waals surface area contributed by atoms with Crippen molar-refractivity contribution < 1.29 is 9.90 Å². The number of aryl methyl sites for hydroxylation is 2. The number of amides is 1. The Bertz CT molecular complexity index is 1490. The zero-order chi connectivity index (χ0) is 24.3. The van der Waals surface area contributed by atoms with Crippen LogP contribution in [0.2, 0.25) is 0 Å². The van der Waals surface area contributed by atoms with E-state index in [9.17, 15) is 14.7 Å². The van der Waals surface area contributed by atoms with E-state index >= 15 is 0 Å². The number of fused-ring (bicyclic) bond motifs is 3. The molecule has 3 atom stereocenters. The van der Waals surface area contributed by atoms with Gasteiger partial charge in [-0.1, -0.05) is 6.07 Å². The molecule has 2 fully saturated rings. The summed E-state index contributed by atoms with van der Waals surface area (Å²) < 4.78 is 5.26. The lowest BCUT2D eigenvalue weighted by atomic mass is 9.86. The zero-order valence-electron chi connectivity index (χ0n) is 19.9. The Morgan fingerprint density at radius 2 is 2.00 bits per heavy atom. The van der Waals surface area contributed by atoms with Gasteiger partial charge in [-0.25, -0.2) is 9.59 Å². The smallest absolute Gasteiger partial charge is 0.407 e. The maximum absolute atomic E-state index is 13.3. The molecule has 0 saturated carbocycles. The Morgan fingerprint density at radius 1 is 1.14 bits per heavy atom. The minimum Gasteiger partial charge on any atom is -0.465 e. The molecule has 1 aromatic carbocycles. The number of benzene rings is 1. The first kappa shape index (κ1) is 21.8. The van der Waals surface area contributed by atoms with Crippen molar-refractivity contribution in [2.75, 3.05) is 19.6 Å². The molecular weight excluding hydrogens is 446 g/mol. The number of likely N-dealkylation sites (tertiary alicyclic amines) is 1. The highest BCUT2D eigenvalue weighted by atomic mass is 16.4. The molecule has 6 rings (SSSR count). The second-order valence-corrected chi connectivity index (χ2v) is 9.83. The fraction of sp³-hybridized carbons (Fsp3) is 0.440. The maximum atomic E-state index is 13.3. The number of nitrogens with zero attached hydrogens (tertiary/aromatic N) is 6. The van der Waals surface area contributed by atoms with Crippen molar-refractivity contribution >= 4 is 28.0 Å². The van der Waals surface area contributed by atoms with E-state index in [0.29, 0.717) is 31.5 Å². The van der Waals surface area contributed by atoms with Crippen LogP contribution in [0.5, 0.6) is 0 Å². The van der Waals surface area contributed by atoms with Crippen LogP contribution in [0.4, 0.5) is 4.79 Å². The maximum Gasteiger partial charge on any atom is 0.407 e. The van der Waals surface area contributed by atoms with E-state index in [1.54, 1.807) is 22.4 Å². The number of nitrogens with one attached hydrogen (secondary N) is 1. The first-order chi connectivity index (χ1) is 16.9. The molecule has 5 heterocycles. The van der Waals surface area contributed by atoms with Gasteiger partial charge in [-0.15, -0.1) is 0 Å². The molecule has 10 nitrogen and oxygen atoms in total. The summed E-state index contributed by atoms with van der Waals surface area (Å²) in [7, 11) is 3.69. The van der Waals surface area contributed by atoms with Gasteiger partial charge < -0.3 is 15.3 Å². The van der Waals surface area contributed by atoms with Crippen LogP contribution in [0.3, 0.4) is 0 Å². The van der Waals surface area contributed by atoms with Crippen molar-refractivity contribution in [3.05, 3.63) is 58.4 Å². The Balaban J connectivity index is 1.37. The fourth-order valence-electron chi connectivity index (χ4n) is 5.81. The van der Waals surface area contributed by atoms with Gasteiger partial charge in [0.25, 0.3) is 0 Å². The first-order valence-electron chi connectivity index (χ1n) is 12.1. The van der Waals surface area contributed by atoms with E-state index in [-0.39, 0.29) is 11.7 Å². The number of piperidine rings is 1. The summed E-state index contributed by atoms with van der Waals surface area (Å²) in [6, 6.07) is 6.49. The van der Waals surface area contributed by atoms with Gasteiger partial charge in [-0.2, -0.15) is 5.10 Å². The first-order valence-corrected chi connectivity index (χ1v) is 12.1. The summed E-state index contributed by atoms with van der Waals surface area (Å²) in [5.74, 6) is 0.362. The number of rotatable bonds is 3. The van der Waals surface area contributed by atoms with Gasteiger partial charge in [0.1, 0.15) is 0 Å². The van der Waals surface area contributed by atoms with Crippen LogP contribution in [0.15, 0.2) is 41.6 Å². The normalized spacial score (nSPS) is 22.9. The lowest BCUT2D eigenvalue weighted by Crippen LogP contribution is -2.32. The topological polar surface area (TPSA) is 110 Å². The Kier molecular flexibility index (Phi) is 5.14. The molecule has 2 aliphatic heterocycles. The summed E-state index contributed by atoms with van der Waals surface area (Å²) in [4.78, 5) is 30.8. The van der Waals surface area contributed by atoms with Crippen LogP contribution in [0.1, 0.15) is 48.4 Å². The minimum absolute atomic E-state index is 0.129. The number of carboxylic acid groups (broad SMARTS) is 1. The van der Waals surface area contributed by atoms with Gasteiger partial charge in [0.2, 0.25) is 0 Å². The van der Waals surface area contributed by atoms with Crippen molar-refractivity contribution in [1.29, 1.82) is 0 Å². The quantitative estimate of drug-likeness (QED) is 0.472. The molecule has 3 aromatic heterocycles. The molecule has 0 spiro atoms. The highest BCUT2D eigenvalue weighted by Gasteiger charge is 2.31. The molecule has 2 unspecified atom stereocenters. The van der Waals surface area contributed by atoms with Crippen molar-refractivity contribution in [2.45, 2.75) is 37.3 Å². The number of carbonyl (C=O) groups is 1. The number of aromatic nitrogens is 5. The van der Waals surface area contributed by atoms with Gasteiger partial charge in [0.05, 0.1) is 35.0 Å². The van der Waals surface area contributed by atoms with Crippen LogP contribution >= 0.6 is 0 Å². The van der Waals surface area contributed by atoms with Gasteiger partial charge in [-0.05, 0) is 42.9 Å². The molecular formula is C25H29N7O3. The highest BCUT2D eigenvalue weighted by molar-refractivity contribution is 6.02. The standard InChI is InChI=1S/C25H29N7O3/c1-29-13-17(11-28-29)20-5-4-16(10-26-20)15-3-6-21-19(9-15)23-22(12-27-21)30(2)24(33)32(23)18-7-8-31(14-18)25(34)35/h3,6,9,11-13,16,18,20,26H,4-5,7-8,10,14H2,1-2H3,(H,34,35)/t16?,18-,20?/m0/s1. The average Bonchev–Trinajstić information content (AvgIpc) is 3.58. The fourth-order valence-corrected chi connectivity index (χ4v) is 5.81. The molecule has 0 aliphatic carbocycles. The van der Waals surface area contributed by atoms with Crippen LogP contribution < -0.4 is 11.0 Å². The Hall–Kier alpha value is -3.66. The monoisotopic (exact) mass is 475 g/mol. The number of hydrogen-bond acceptors (Lipinski definition) is 5.